The van der Waals surface area contributed by atoms with E-state index in [2.05, 4.69) is 11.1 Å². The Morgan fingerprint density at radius 3 is 2.67 bits per heavy atom. The summed E-state index contributed by atoms with van der Waals surface area (Å²) in [5, 5.41) is 2.32. The average Bonchev–Trinajstić information content (AvgIpc) is 1.86. The lowest BCUT2D eigenvalue weighted by atomic mass is 10.3. The largest absolute Gasteiger partial charge is 0.350 e. The Hall–Kier alpha value is -0.0800. The van der Waals surface area contributed by atoms with Crippen LogP contribution in [0.25, 0.3) is 0 Å². The maximum atomic E-state index is 3.91. The zero-order valence-electron chi connectivity index (χ0n) is 3.98. The SMILES string of the molecule is [NH3+][C@H]1CC[NH2+]C1. The van der Waals surface area contributed by atoms with Crippen molar-refractivity contribution in [2.45, 2.75) is 12.5 Å². The van der Waals surface area contributed by atoms with Crippen molar-refractivity contribution >= 4 is 0 Å². The Morgan fingerprint density at radius 2 is 2.50 bits per heavy atom. The van der Waals surface area contributed by atoms with Crippen molar-refractivity contribution in [1.29, 1.82) is 0 Å². The van der Waals surface area contributed by atoms with Gasteiger partial charge in [-0.2, -0.15) is 0 Å². The molecule has 2 nitrogen and oxygen atoms in total. The molecule has 0 saturated carbocycles. The Labute approximate surface area is 37.7 Å². The van der Waals surface area contributed by atoms with E-state index in [1.807, 2.05) is 0 Å². The predicted molar refractivity (Wildman–Crippen MR) is 23.0 cm³/mol. The summed E-state index contributed by atoms with van der Waals surface area (Å²) in [6.07, 6.45) is 1.32. The second kappa shape index (κ2) is 1.58. The topological polar surface area (TPSA) is 44.2 Å². The van der Waals surface area contributed by atoms with Gasteiger partial charge in [-0.05, 0) is 0 Å². The standard InChI is InChI=1S/C4H10N2/c5-4-1-2-6-3-4/h4,6H,1-3,5H2/p+2/t4-/m0/s1. The lowest BCUT2D eigenvalue weighted by Gasteiger charge is -1.83. The lowest BCUT2D eigenvalue weighted by Crippen LogP contribution is -2.84. The minimum Gasteiger partial charge on any atom is -0.350 e. The molecule has 0 radical (unpaired) electrons. The van der Waals surface area contributed by atoms with Crippen molar-refractivity contribution in [3.63, 3.8) is 0 Å². The molecule has 1 fully saturated rings. The van der Waals surface area contributed by atoms with Crippen LogP contribution >= 0.6 is 0 Å². The second-order valence-corrected chi connectivity index (χ2v) is 1.97. The monoisotopic (exact) mass is 88.1 g/mol. The van der Waals surface area contributed by atoms with Crippen LogP contribution in [0.15, 0.2) is 0 Å². The Bertz CT molecular complexity index is 38.8. The Morgan fingerprint density at radius 1 is 1.67 bits per heavy atom. The molecule has 0 spiro atoms. The maximum absolute atomic E-state index is 3.91. The third kappa shape index (κ3) is 0.698. The third-order valence-electron chi connectivity index (χ3n) is 1.28. The van der Waals surface area contributed by atoms with E-state index in [1.165, 1.54) is 19.5 Å². The molecule has 5 N–H and O–H groups in total. The molecule has 0 bridgehead atoms. The first-order chi connectivity index (χ1) is 2.89. The van der Waals surface area contributed by atoms with E-state index in [-0.39, 0.29) is 0 Å². The van der Waals surface area contributed by atoms with Gasteiger partial charge in [-0.1, -0.05) is 0 Å². The minimum atomic E-state index is 0.741. The summed E-state index contributed by atoms with van der Waals surface area (Å²) in [5.41, 5.74) is 3.91. The average molecular weight is 88.2 g/mol. The fourth-order valence-electron chi connectivity index (χ4n) is 0.825. The van der Waals surface area contributed by atoms with E-state index >= 15 is 0 Å². The van der Waals surface area contributed by atoms with Gasteiger partial charge in [-0.15, -0.1) is 0 Å². The fourth-order valence-corrected chi connectivity index (χ4v) is 0.825. The number of rotatable bonds is 0. The Balaban J connectivity index is 2.18. The lowest BCUT2D eigenvalue weighted by molar-refractivity contribution is -0.649. The van der Waals surface area contributed by atoms with Gasteiger partial charge in [0.1, 0.15) is 12.6 Å². The van der Waals surface area contributed by atoms with Gasteiger partial charge in [0.25, 0.3) is 0 Å². The molecule has 6 heavy (non-hydrogen) atoms. The van der Waals surface area contributed by atoms with E-state index in [0.29, 0.717) is 0 Å². The van der Waals surface area contributed by atoms with Crippen LogP contribution in [0.1, 0.15) is 6.42 Å². The van der Waals surface area contributed by atoms with Crippen molar-refractivity contribution in [1.82, 2.24) is 0 Å². The molecule has 2 heteroatoms. The smallest absolute Gasteiger partial charge is 0.139 e. The van der Waals surface area contributed by atoms with Gasteiger partial charge in [-0.3, -0.25) is 0 Å². The molecule has 1 rings (SSSR count). The molecule has 0 aromatic carbocycles. The number of hydrogen-bond acceptors (Lipinski definition) is 0. The van der Waals surface area contributed by atoms with Crippen molar-refractivity contribution in [2.24, 2.45) is 0 Å². The molecule has 0 amide bonds. The quantitative estimate of drug-likeness (QED) is 0.330. The molecule has 0 unspecified atom stereocenters. The summed E-state index contributed by atoms with van der Waals surface area (Å²) in [7, 11) is 0. The van der Waals surface area contributed by atoms with E-state index in [0.717, 1.165) is 6.04 Å². The van der Waals surface area contributed by atoms with Crippen LogP contribution in [0.5, 0.6) is 0 Å². The zero-order valence-corrected chi connectivity index (χ0v) is 3.98. The highest BCUT2D eigenvalue weighted by molar-refractivity contribution is 4.51. The van der Waals surface area contributed by atoms with Gasteiger partial charge < -0.3 is 11.1 Å². The third-order valence-corrected chi connectivity index (χ3v) is 1.28. The molecule has 0 aromatic rings. The molecule has 1 atom stereocenters. The van der Waals surface area contributed by atoms with Crippen LogP contribution < -0.4 is 11.1 Å². The molecule has 0 aromatic heterocycles. The van der Waals surface area contributed by atoms with E-state index in [9.17, 15) is 0 Å². The number of nitrogens with two attached hydrogens (primary N) is 1. The minimum absolute atomic E-state index is 0.741. The molecule has 36 valence electrons. The van der Waals surface area contributed by atoms with E-state index in [4.69, 9.17) is 0 Å². The number of quaternary nitrogens is 2. The van der Waals surface area contributed by atoms with E-state index in [1.54, 1.807) is 0 Å². The van der Waals surface area contributed by atoms with Gasteiger partial charge in [0.15, 0.2) is 0 Å². The summed E-state index contributed by atoms with van der Waals surface area (Å²) in [6.45, 7) is 2.55. The molecule has 1 aliphatic heterocycles. The Kier molecular flexibility index (Phi) is 1.08. The van der Waals surface area contributed by atoms with Crippen molar-refractivity contribution < 1.29 is 11.1 Å². The summed E-state index contributed by atoms with van der Waals surface area (Å²) in [5.74, 6) is 0. The molecule has 1 heterocycles. The number of hydrogen-bond donors (Lipinski definition) is 2. The zero-order chi connectivity index (χ0) is 4.41. The van der Waals surface area contributed by atoms with Crippen molar-refractivity contribution in [3.05, 3.63) is 0 Å². The molecule has 1 aliphatic rings. The van der Waals surface area contributed by atoms with Crippen LogP contribution in [0.4, 0.5) is 0 Å². The molecule has 0 aliphatic carbocycles. The van der Waals surface area contributed by atoms with Crippen LogP contribution in [-0.4, -0.2) is 19.1 Å². The summed E-state index contributed by atoms with van der Waals surface area (Å²) < 4.78 is 0. The maximum Gasteiger partial charge on any atom is 0.139 e. The van der Waals surface area contributed by atoms with Gasteiger partial charge in [-0.25, -0.2) is 0 Å². The highest BCUT2D eigenvalue weighted by atomic mass is 14.9. The highest BCUT2D eigenvalue weighted by Gasteiger charge is 2.14. The second-order valence-electron chi connectivity index (χ2n) is 1.97. The summed E-state index contributed by atoms with van der Waals surface area (Å²) in [4.78, 5) is 0. The van der Waals surface area contributed by atoms with Crippen LogP contribution in [0, 0.1) is 0 Å². The van der Waals surface area contributed by atoms with Crippen molar-refractivity contribution in [3.8, 4) is 0 Å². The first-order valence-electron chi connectivity index (χ1n) is 2.54. The molecule has 1 saturated heterocycles. The van der Waals surface area contributed by atoms with Crippen molar-refractivity contribution in [2.75, 3.05) is 13.1 Å². The van der Waals surface area contributed by atoms with Gasteiger partial charge >= 0.3 is 0 Å². The first kappa shape index (κ1) is 4.09. The van der Waals surface area contributed by atoms with Crippen LogP contribution in [0.3, 0.4) is 0 Å². The van der Waals surface area contributed by atoms with Gasteiger partial charge in [0.05, 0.1) is 13.0 Å². The van der Waals surface area contributed by atoms with Crippen LogP contribution in [-0.2, 0) is 0 Å². The summed E-state index contributed by atoms with van der Waals surface area (Å²) >= 11 is 0. The molecular formula is C4H12N2+2. The first-order valence-corrected chi connectivity index (χ1v) is 2.54. The van der Waals surface area contributed by atoms with Crippen LogP contribution in [0.2, 0.25) is 0 Å². The predicted octanol–water partition coefficient (Wildman–Crippen LogP) is -2.44. The normalized spacial score (nSPS) is 34.5. The van der Waals surface area contributed by atoms with Gasteiger partial charge in [0.2, 0.25) is 0 Å². The highest BCUT2D eigenvalue weighted by Crippen LogP contribution is 1.79. The van der Waals surface area contributed by atoms with Gasteiger partial charge in [0, 0.05) is 0 Å². The fraction of sp³-hybridized carbons (Fsp3) is 1.00. The summed E-state index contributed by atoms with van der Waals surface area (Å²) in [6, 6.07) is 0.741. The molecular weight excluding hydrogens is 76.1 g/mol. The van der Waals surface area contributed by atoms with E-state index < -0.39 is 0 Å².